The van der Waals surface area contributed by atoms with Gasteiger partial charge in [0, 0.05) is 47.8 Å². The first-order valence-electron chi connectivity index (χ1n) is 9.85. The number of aromatic nitrogens is 2. The smallest absolute Gasteiger partial charge is 0.293 e. The van der Waals surface area contributed by atoms with Crippen LogP contribution in [0.25, 0.3) is 0 Å². The standard InChI is InChI=1S/C22H22N4O3S/c27-22-21(24-13-10-20(11-14-24)30-19-4-2-1-3-5-19)23-12-15-25(22)16-17-6-8-18(9-7-17)26(28)29/h1-9,12,15,20H,10-11,13-14,16H2. The van der Waals surface area contributed by atoms with Crippen LogP contribution in [-0.2, 0) is 6.54 Å². The summed E-state index contributed by atoms with van der Waals surface area (Å²) in [6, 6.07) is 16.7. The Labute approximate surface area is 178 Å². The van der Waals surface area contributed by atoms with Crippen LogP contribution in [0, 0.1) is 10.1 Å². The number of thioether (sulfide) groups is 1. The Hall–Kier alpha value is -3.13. The molecule has 1 saturated heterocycles. The number of nitro benzene ring substituents is 1. The van der Waals surface area contributed by atoms with Crippen LogP contribution in [0.15, 0.2) is 76.7 Å². The van der Waals surface area contributed by atoms with Gasteiger partial charge in [0.05, 0.1) is 11.5 Å². The lowest BCUT2D eigenvalue weighted by molar-refractivity contribution is -0.384. The summed E-state index contributed by atoms with van der Waals surface area (Å²) in [6.07, 6.45) is 5.30. The topological polar surface area (TPSA) is 81.3 Å². The minimum absolute atomic E-state index is 0.0396. The first-order chi connectivity index (χ1) is 14.6. The number of piperidine rings is 1. The van der Waals surface area contributed by atoms with Gasteiger partial charge in [-0.1, -0.05) is 30.3 Å². The molecule has 1 aromatic heterocycles. The van der Waals surface area contributed by atoms with Gasteiger partial charge in [-0.2, -0.15) is 0 Å². The molecule has 8 heteroatoms. The van der Waals surface area contributed by atoms with E-state index in [1.54, 1.807) is 29.1 Å². The molecule has 7 nitrogen and oxygen atoms in total. The summed E-state index contributed by atoms with van der Waals surface area (Å²) in [5.74, 6) is 0.475. The van der Waals surface area contributed by atoms with Crippen molar-refractivity contribution in [1.82, 2.24) is 9.55 Å². The van der Waals surface area contributed by atoms with Gasteiger partial charge in [-0.3, -0.25) is 14.9 Å². The summed E-state index contributed by atoms with van der Waals surface area (Å²) in [5, 5.41) is 11.3. The van der Waals surface area contributed by atoms with Gasteiger partial charge in [-0.05, 0) is 30.5 Å². The molecule has 0 N–H and O–H groups in total. The maximum atomic E-state index is 13.0. The monoisotopic (exact) mass is 422 g/mol. The quantitative estimate of drug-likeness (QED) is 0.442. The summed E-state index contributed by atoms with van der Waals surface area (Å²) < 4.78 is 1.61. The maximum absolute atomic E-state index is 13.0. The van der Waals surface area contributed by atoms with Crippen molar-refractivity contribution >= 4 is 23.3 Å². The first-order valence-corrected chi connectivity index (χ1v) is 10.7. The number of anilines is 1. The Kier molecular flexibility index (Phi) is 6.13. The van der Waals surface area contributed by atoms with E-state index in [2.05, 4.69) is 34.1 Å². The van der Waals surface area contributed by atoms with E-state index in [1.807, 2.05) is 17.8 Å². The Morgan fingerprint density at radius 1 is 1.07 bits per heavy atom. The molecule has 0 radical (unpaired) electrons. The van der Waals surface area contributed by atoms with E-state index in [-0.39, 0.29) is 11.2 Å². The van der Waals surface area contributed by atoms with E-state index in [1.165, 1.54) is 17.0 Å². The van der Waals surface area contributed by atoms with Crippen LogP contribution in [0.4, 0.5) is 11.5 Å². The summed E-state index contributed by atoms with van der Waals surface area (Å²) >= 11 is 1.90. The van der Waals surface area contributed by atoms with Crippen molar-refractivity contribution < 1.29 is 4.92 Å². The fourth-order valence-corrected chi connectivity index (χ4v) is 4.72. The van der Waals surface area contributed by atoms with Crippen molar-refractivity contribution in [1.29, 1.82) is 0 Å². The van der Waals surface area contributed by atoms with E-state index in [0.29, 0.717) is 17.6 Å². The minimum atomic E-state index is -0.430. The van der Waals surface area contributed by atoms with Crippen molar-refractivity contribution in [2.75, 3.05) is 18.0 Å². The summed E-state index contributed by atoms with van der Waals surface area (Å²) in [7, 11) is 0. The Bertz CT molecular complexity index is 1060. The third kappa shape index (κ3) is 4.71. The number of nitro groups is 1. The highest BCUT2D eigenvalue weighted by Crippen LogP contribution is 2.30. The molecule has 0 aliphatic carbocycles. The molecule has 0 saturated carbocycles. The second-order valence-electron chi connectivity index (χ2n) is 7.22. The lowest BCUT2D eigenvalue weighted by Gasteiger charge is -2.32. The van der Waals surface area contributed by atoms with Gasteiger partial charge in [0.15, 0.2) is 5.82 Å². The molecular weight excluding hydrogens is 400 g/mol. The fourth-order valence-electron chi connectivity index (χ4n) is 3.57. The molecule has 1 aliphatic rings. The molecule has 0 bridgehead atoms. The molecule has 1 fully saturated rings. The Morgan fingerprint density at radius 2 is 1.77 bits per heavy atom. The van der Waals surface area contributed by atoms with E-state index >= 15 is 0 Å². The summed E-state index contributed by atoms with van der Waals surface area (Å²) in [6.45, 7) is 1.95. The zero-order valence-electron chi connectivity index (χ0n) is 16.4. The number of rotatable bonds is 6. The van der Waals surface area contributed by atoms with E-state index in [0.717, 1.165) is 31.5 Å². The van der Waals surface area contributed by atoms with Crippen LogP contribution in [0.2, 0.25) is 0 Å². The van der Waals surface area contributed by atoms with Crippen LogP contribution in [0.5, 0.6) is 0 Å². The van der Waals surface area contributed by atoms with Gasteiger partial charge in [-0.15, -0.1) is 11.8 Å². The van der Waals surface area contributed by atoms with E-state index < -0.39 is 4.92 Å². The van der Waals surface area contributed by atoms with Gasteiger partial charge >= 0.3 is 0 Å². The Morgan fingerprint density at radius 3 is 2.43 bits per heavy atom. The highest BCUT2D eigenvalue weighted by Gasteiger charge is 2.23. The van der Waals surface area contributed by atoms with Crippen molar-refractivity contribution in [3.05, 3.63) is 93.0 Å². The molecule has 30 heavy (non-hydrogen) atoms. The molecule has 2 aromatic carbocycles. The maximum Gasteiger partial charge on any atom is 0.293 e. The molecule has 4 rings (SSSR count). The predicted octanol–water partition coefficient (Wildman–Crippen LogP) is 3.96. The van der Waals surface area contributed by atoms with Crippen LogP contribution < -0.4 is 10.5 Å². The third-order valence-corrected chi connectivity index (χ3v) is 6.53. The second kappa shape index (κ2) is 9.13. The highest BCUT2D eigenvalue weighted by molar-refractivity contribution is 8.00. The van der Waals surface area contributed by atoms with Crippen LogP contribution in [0.1, 0.15) is 18.4 Å². The fraction of sp³-hybridized carbons (Fsp3) is 0.273. The number of nitrogens with zero attached hydrogens (tertiary/aromatic N) is 4. The minimum Gasteiger partial charge on any atom is -0.352 e. The van der Waals surface area contributed by atoms with Crippen molar-refractivity contribution in [3.63, 3.8) is 0 Å². The molecule has 0 unspecified atom stereocenters. The van der Waals surface area contributed by atoms with Crippen LogP contribution in [-0.4, -0.2) is 32.8 Å². The Balaban J connectivity index is 1.42. The van der Waals surface area contributed by atoms with Gasteiger partial charge in [-0.25, -0.2) is 4.98 Å². The molecule has 2 heterocycles. The molecular formula is C22H22N4O3S. The van der Waals surface area contributed by atoms with Crippen molar-refractivity contribution in [3.8, 4) is 0 Å². The van der Waals surface area contributed by atoms with E-state index in [4.69, 9.17) is 0 Å². The van der Waals surface area contributed by atoms with Gasteiger partial charge < -0.3 is 9.47 Å². The normalized spacial score (nSPS) is 14.6. The SMILES string of the molecule is O=c1c(N2CCC(Sc3ccccc3)CC2)nccn1Cc1ccc([N+](=O)[O-])cc1. The molecule has 0 atom stereocenters. The average molecular weight is 423 g/mol. The molecule has 1 aliphatic heterocycles. The first kappa shape index (κ1) is 20.2. The average Bonchev–Trinajstić information content (AvgIpc) is 2.77. The lowest BCUT2D eigenvalue weighted by Crippen LogP contribution is -2.40. The lowest BCUT2D eigenvalue weighted by atomic mass is 10.1. The zero-order chi connectivity index (χ0) is 20.9. The summed E-state index contributed by atoms with van der Waals surface area (Å²) in [5.41, 5.74) is 0.737. The highest BCUT2D eigenvalue weighted by atomic mass is 32.2. The molecule has 3 aromatic rings. The van der Waals surface area contributed by atoms with Crippen LogP contribution >= 0.6 is 11.8 Å². The largest absolute Gasteiger partial charge is 0.352 e. The van der Waals surface area contributed by atoms with Crippen molar-refractivity contribution in [2.24, 2.45) is 0 Å². The number of benzene rings is 2. The molecule has 0 amide bonds. The van der Waals surface area contributed by atoms with Crippen molar-refractivity contribution in [2.45, 2.75) is 29.5 Å². The molecule has 0 spiro atoms. The second-order valence-corrected chi connectivity index (χ2v) is 8.60. The van der Waals surface area contributed by atoms with Gasteiger partial charge in [0.2, 0.25) is 0 Å². The van der Waals surface area contributed by atoms with E-state index in [9.17, 15) is 14.9 Å². The predicted molar refractivity (Wildman–Crippen MR) is 118 cm³/mol. The number of hydrogen-bond donors (Lipinski definition) is 0. The zero-order valence-corrected chi connectivity index (χ0v) is 17.2. The van der Waals surface area contributed by atoms with Crippen LogP contribution in [0.3, 0.4) is 0 Å². The molecule has 154 valence electrons. The number of non-ortho nitro benzene ring substituents is 1. The summed E-state index contributed by atoms with van der Waals surface area (Å²) in [4.78, 5) is 31.0. The number of hydrogen-bond acceptors (Lipinski definition) is 6. The van der Waals surface area contributed by atoms with Gasteiger partial charge in [0.25, 0.3) is 11.2 Å². The third-order valence-electron chi connectivity index (χ3n) is 5.18. The van der Waals surface area contributed by atoms with Gasteiger partial charge in [0.1, 0.15) is 0 Å².